The van der Waals surface area contributed by atoms with Gasteiger partial charge in [0.05, 0.1) is 12.2 Å². The maximum absolute atomic E-state index is 12.6. The minimum atomic E-state index is -0.383. The van der Waals surface area contributed by atoms with E-state index in [1.54, 1.807) is 24.3 Å². The third-order valence-electron chi connectivity index (χ3n) is 3.52. The monoisotopic (exact) mass is 449 g/mol. The van der Waals surface area contributed by atoms with Crippen LogP contribution in [0.25, 0.3) is 0 Å². The van der Waals surface area contributed by atoms with Gasteiger partial charge in [0.1, 0.15) is 5.75 Å². The van der Waals surface area contributed by atoms with Crippen molar-refractivity contribution in [3.63, 3.8) is 0 Å². The van der Waals surface area contributed by atoms with Gasteiger partial charge in [0.25, 0.3) is 5.91 Å². The van der Waals surface area contributed by atoms with E-state index in [-0.39, 0.29) is 16.9 Å². The fourth-order valence-electron chi connectivity index (χ4n) is 2.32. The molecule has 2 aromatic carbocycles. The molecule has 2 rings (SSSR count). The van der Waals surface area contributed by atoms with Crippen molar-refractivity contribution in [2.24, 2.45) is 0 Å². The lowest BCUT2D eigenvalue weighted by Crippen LogP contribution is -2.34. The SMILES string of the molecule is CCOc1ccc(Br)cc1C(=O)NC(=S)Nc1ccc(C)c(NC(C)=O)c1. The van der Waals surface area contributed by atoms with Crippen LogP contribution in [-0.2, 0) is 4.79 Å². The summed E-state index contributed by atoms with van der Waals surface area (Å²) in [5.74, 6) is -0.0695. The number of thiocarbonyl (C=S) groups is 1. The molecule has 0 fully saturated rings. The Balaban J connectivity index is 2.11. The summed E-state index contributed by atoms with van der Waals surface area (Å²) in [5.41, 5.74) is 2.61. The van der Waals surface area contributed by atoms with Gasteiger partial charge in [0, 0.05) is 22.8 Å². The van der Waals surface area contributed by atoms with Gasteiger partial charge in [-0.2, -0.15) is 0 Å². The third kappa shape index (κ3) is 6.04. The number of amides is 2. The van der Waals surface area contributed by atoms with Crippen molar-refractivity contribution in [3.05, 3.63) is 52.0 Å². The van der Waals surface area contributed by atoms with Gasteiger partial charge in [-0.1, -0.05) is 22.0 Å². The molecule has 0 saturated heterocycles. The molecule has 0 unspecified atom stereocenters. The van der Waals surface area contributed by atoms with E-state index in [1.165, 1.54) is 6.92 Å². The molecule has 0 aliphatic rings. The molecule has 6 nitrogen and oxygen atoms in total. The number of nitrogens with one attached hydrogen (secondary N) is 3. The number of halogens is 1. The lowest BCUT2D eigenvalue weighted by molar-refractivity contribution is -0.114. The number of carbonyl (C=O) groups is 2. The number of anilines is 2. The van der Waals surface area contributed by atoms with Crippen molar-refractivity contribution in [1.82, 2.24) is 5.32 Å². The van der Waals surface area contributed by atoms with E-state index in [4.69, 9.17) is 17.0 Å². The fourth-order valence-corrected chi connectivity index (χ4v) is 2.89. The Bertz CT molecular complexity index is 886. The van der Waals surface area contributed by atoms with E-state index in [0.29, 0.717) is 29.3 Å². The summed E-state index contributed by atoms with van der Waals surface area (Å²) in [7, 11) is 0. The predicted molar refractivity (Wildman–Crippen MR) is 114 cm³/mol. The van der Waals surface area contributed by atoms with E-state index in [0.717, 1.165) is 10.0 Å². The zero-order valence-corrected chi connectivity index (χ0v) is 17.6. The highest BCUT2D eigenvalue weighted by Gasteiger charge is 2.15. The van der Waals surface area contributed by atoms with Crippen LogP contribution in [-0.4, -0.2) is 23.5 Å². The Morgan fingerprint density at radius 2 is 1.89 bits per heavy atom. The van der Waals surface area contributed by atoms with E-state index >= 15 is 0 Å². The first-order valence-electron chi connectivity index (χ1n) is 8.23. The summed E-state index contributed by atoms with van der Waals surface area (Å²) in [6, 6.07) is 10.6. The topological polar surface area (TPSA) is 79.5 Å². The van der Waals surface area contributed by atoms with Crippen LogP contribution in [0.15, 0.2) is 40.9 Å². The van der Waals surface area contributed by atoms with Crippen molar-refractivity contribution in [1.29, 1.82) is 0 Å². The van der Waals surface area contributed by atoms with Crippen LogP contribution in [0.3, 0.4) is 0 Å². The Kier molecular flexibility index (Phi) is 7.32. The largest absolute Gasteiger partial charge is 0.493 e. The standard InChI is InChI=1S/C19H20BrN3O3S/c1-4-26-17-8-6-13(20)9-15(17)18(25)23-19(27)22-14-7-5-11(2)16(10-14)21-12(3)24/h5-10H,4H2,1-3H3,(H,21,24)(H2,22,23,25,27). The van der Waals surface area contributed by atoms with Gasteiger partial charge in [-0.25, -0.2) is 0 Å². The predicted octanol–water partition coefficient (Wildman–Crippen LogP) is 4.24. The summed E-state index contributed by atoms with van der Waals surface area (Å²) in [6.07, 6.45) is 0. The molecular formula is C19H20BrN3O3S. The molecule has 0 atom stereocenters. The molecule has 3 N–H and O–H groups in total. The maximum Gasteiger partial charge on any atom is 0.261 e. The first kappa shape index (κ1) is 20.9. The van der Waals surface area contributed by atoms with Crippen LogP contribution in [0.4, 0.5) is 11.4 Å². The van der Waals surface area contributed by atoms with Crippen molar-refractivity contribution >= 4 is 56.4 Å². The maximum atomic E-state index is 12.6. The first-order valence-corrected chi connectivity index (χ1v) is 9.43. The second-order valence-corrected chi connectivity index (χ2v) is 7.02. The number of benzene rings is 2. The molecule has 0 saturated carbocycles. The van der Waals surface area contributed by atoms with Crippen LogP contribution < -0.4 is 20.7 Å². The van der Waals surface area contributed by atoms with Gasteiger partial charge in [-0.3, -0.25) is 14.9 Å². The Morgan fingerprint density at radius 3 is 2.56 bits per heavy atom. The molecule has 0 bridgehead atoms. The molecule has 2 amide bonds. The molecule has 8 heteroatoms. The quantitative estimate of drug-likeness (QED) is 0.594. The van der Waals surface area contributed by atoms with Crippen LogP contribution in [0.2, 0.25) is 0 Å². The summed E-state index contributed by atoms with van der Waals surface area (Å²) < 4.78 is 6.25. The Morgan fingerprint density at radius 1 is 1.15 bits per heavy atom. The number of ether oxygens (including phenoxy) is 1. The molecule has 0 aromatic heterocycles. The summed E-state index contributed by atoms with van der Waals surface area (Å²) in [5, 5.41) is 8.47. The lowest BCUT2D eigenvalue weighted by Gasteiger charge is -2.14. The van der Waals surface area contributed by atoms with Gasteiger partial charge in [-0.05, 0) is 62.0 Å². The second kappa shape index (κ2) is 9.48. The summed E-state index contributed by atoms with van der Waals surface area (Å²) >= 11 is 8.59. The molecule has 2 aromatic rings. The summed E-state index contributed by atoms with van der Waals surface area (Å²) in [6.45, 7) is 5.62. The third-order valence-corrected chi connectivity index (χ3v) is 4.22. The van der Waals surface area contributed by atoms with E-state index in [2.05, 4.69) is 31.9 Å². The van der Waals surface area contributed by atoms with Gasteiger partial charge >= 0.3 is 0 Å². The number of aryl methyl sites for hydroxylation is 1. The first-order chi connectivity index (χ1) is 12.8. The van der Waals surface area contributed by atoms with E-state index < -0.39 is 0 Å². The zero-order chi connectivity index (χ0) is 20.0. The number of hydrogen-bond acceptors (Lipinski definition) is 4. The minimum absolute atomic E-state index is 0.139. The Labute approximate surface area is 171 Å². The van der Waals surface area contributed by atoms with Crippen LogP contribution >= 0.6 is 28.1 Å². The number of hydrogen-bond donors (Lipinski definition) is 3. The average Bonchev–Trinajstić information content (AvgIpc) is 2.59. The van der Waals surface area contributed by atoms with Crippen LogP contribution in [0.5, 0.6) is 5.75 Å². The van der Waals surface area contributed by atoms with Crippen molar-refractivity contribution in [2.75, 3.05) is 17.2 Å². The number of carbonyl (C=O) groups excluding carboxylic acids is 2. The molecule has 0 aliphatic heterocycles. The normalized spacial score (nSPS) is 10.1. The molecule has 0 heterocycles. The highest BCUT2D eigenvalue weighted by molar-refractivity contribution is 9.10. The minimum Gasteiger partial charge on any atom is -0.493 e. The summed E-state index contributed by atoms with van der Waals surface area (Å²) in [4.78, 5) is 23.8. The van der Waals surface area contributed by atoms with Crippen molar-refractivity contribution in [3.8, 4) is 5.75 Å². The van der Waals surface area contributed by atoms with Gasteiger partial charge in [0.15, 0.2) is 5.11 Å². The van der Waals surface area contributed by atoms with E-state index in [9.17, 15) is 9.59 Å². The molecule has 0 spiro atoms. The highest BCUT2D eigenvalue weighted by Crippen LogP contribution is 2.24. The zero-order valence-electron chi connectivity index (χ0n) is 15.2. The van der Waals surface area contributed by atoms with Crippen LogP contribution in [0.1, 0.15) is 29.8 Å². The van der Waals surface area contributed by atoms with Gasteiger partial charge in [-0.15, -0.1) is 0 Å². The fraction of sp³-hybridized carbons (Fsp3) is 0.211. The van der Waals surface area contributed by atoms with Crippen molar-refractivity contribution in [2.45, 2.75) is 20.8 Å². The van der Waals surface area contributed by atoms with E-state index in [1.807, 2.05) is 26.0 Å². The highest BCUT2D eigenvalue weighted by atomic mass is 79.9. The van der Waals surface area contributed by atoms with Crippen molar-refractivity contribution < 1.29 is 14.3 Å². The molecular weight excluding hydrogens is 430 g/mol. The average molecular weight is 450 g/mol. The number of rotatable bonds is 5. The van der Waals surface area contributed by atoms with Gasteiger partial charge in [0.2, 0.25) is 5.91 Å². The smallest absolute Gasteiger partial charge is 0.261 e. The lowest BCUT2D eigenvalue weighted by atomic mass is 10.1. The molecule has 142 valence electrons. The molecule has 27 heavy (non-hydrogen) atoms. The molecule has 0 aliphatic carbocycles. The molecule has 0 radical (unpaired) electrons. The van der Waals surface area contributed by atoms with Gasteiger partial charge < -0.3 is 15.4 Å². The Hall–Kier alpha value is -2.45. The second-order valence-electron chi connectivity index (χ2n) is 5.69. The van der Waals surface area contributed by atoms with Crippen LogP contribution in [0, 0.1) is 6.92 Å².